The zero-order valence-corrected chi connectivity index (χ0v) is 15.2. The molecule has 2 aromatic rings. The fraction of sp³-hybridized carbons (Fsp3) is 0.400. The average molecular weight is 360 g/mol. The molecular weight excluding hydrogens is 335 g/mol. The van der Waals surface area contributed by atoms with Crippen molar-refractivity contribution >= 4 is 5.69 Å². The smallest absolute Gasteiger partial charge is 0.161 e. The molecule has 3 rings (SSSR count). The third-order valence-corrected chi connectivity index (χ3v) is 4.79. The SMILES string of the molecule is COc1ccc([C@@H](O)CN2CCN(c3ccc(F)cc3)CC2)cc1OC. The van der Waals surface area contributed by atoms with Crippen molar-refractivity contribution < 1.29 is 19.0 Å². The number of ether oxygens (including phenoxy) is 2. The van der Waals surface area contributed by atoms with Gasteiger partial charge in [-0.1, -0.05) is 6.07 Å². The van der Waals surface area contributed by atoms with Crippen molar-refractivity contribution in [2.45, 2.75) is 6.10 Å². The molecule has 26 heavy (non-hydrogen) atoms. The van der Waals surface area contributed by atoms with E-state index in [0.717, 1.165) is 37.4 Å². The number of β-amino-alcohol motifs (C(OH)–C–C–N with tert-alkyl or cyclic N) is 1. The Hall–Kier alpha value is -2.31. The lowest BCUT2D eigenvalue weighted by Crippen LogP contribution is -2.47. The Balaban J connectivity index is 1.56. The summed E-state index contributed by atoms with van der Waals surface area (Å²) in [5.74, 6) is 1.05. The number of aliphatic hydroxyl groups excluding tert-OH is 1. The maximum Gasteiger partial charge on any atom is 0.161 e. The van der Waals surface area contributed by atoms with Gasteiger partial charge in [-0.2, -0.15) is 0 Å². The standard InChI is InChI=1S/C20H25FN2O3/c1-25-19-8-3-15(13-20(19)26-2)18(24)14-22-9-11-23(12-10-22)17-6-4-16(21)5-7-17/h3-8,13,18,24H,9-12,14H2,1-2H3/t18-/m0/s1. The second kappa shape index (κ2) is 8.38. The number of methoxy groups -OCH3 is 2. The van der Waals surface area contributed by atoms with E-state index in [2.05, 4.69) is 9.80 Å². The highest BCUT2D eigenvalue weighted by Gasteiger charge is 2.21. The van der Waals surface area contributed by atoms with Gasteiger partial charge in [0.25, 0.3) is 0 Å². The monoisotopic (exact) mass is 360 g/mol. The van der Waals surface area contributed by atoms with Gasteiger partial charge >= 0.3 is 0 Å². The maximum atomic E-state index is 13.1. The van der Waals surface area contributed by atoms with E-state index in [1.807, 2.05) is 30.3 Å². The molecule has 0 aromatic heterocycles. The minimum absolute atomic E-state index is 0.217. The molecule has 140 valence electrons. The predicted molar refractivity (Wildman–Crippen MR) is 99.6 cm³/mol. The summed E-state index contributed by atoms with van der Waals surface area (Å²) >= 11 is 0. The van der Waals surface area contributed by atoms with Gasteiger partial charge in [-0.3, -0.25) is 4.90 Å². The summed E-state index contributed by atoms with van der Waals surface area (Å²) in [5.41, 5.74) is 1.84. The minimum Gasteiger partial charge on any atom is -0.493 e. The van der Waals surface area contributed by atoms with Crippen molar-refractivity contribution in [2.75, 3.05) is 51.8 Å². The van der Waals surface area contributed by atoms with Crippen molar-refractivity contribution in [1.29, 1.82) is 0 Å². The molecule has 0 radical (unpaired) electrons. The van der Waals surface area contributed by atoms with Crippen molar-refractivity contribution in [3.63, 3.8) is 0 Å². The van der Waals surface area contributed by atoms with Crippen molar-refractivity contribution in [3.8, 4) is 11.5 Å². The molecule has 0 spiro atoms. The van der Waals surface area contributed by atoms with Crippen LogP contribution in [0, 0.1) is 5.82 Å². The first kappa shape index (κ1) is 18.5. The number of hydrogen-bond acceptors (Lipinski definition) is 5. The largest absolute Gasteiger partial charge is 0.493 e. The van der Waals surface area contributed by atoms with E-state index in [4.69, 9.17) is 9.47 Å². The molecule has 2 aromatic carbocycles. The average Bonchev–Trinajstić information content (AvgIpc) is 2.68. The van der Waals surface area contributed by atoms with Crippen molar-refractivity contribution in [3.05, 3.63) is 53.8 Å². The number of rotatable bonds is 6. The van der Waals surface area contributed by atoms with Gasteiger partial charge in [-0.15, -0.1) is 0 Å². The molecule has 1 heterocycles. The summed E-state index contributed by atoms with van der Waals surface area (Å²) in [5, 5.41) is 10.6. The van der Waals surface area contributed by atoms with Gasteiger partial charge in [-0.25, -0.2) is 4.39 Å². The minimum atomic E-state index is -0.591. The highest BCUT2D eigenvalue weighted by molar-refractivity contribution is 5.47. The number of hydrogen-bond donors (Lipinski definition) is 1. The zero-order valence-electron chi connectivity index (χ0n) is 15.2. The maximum absolute atomic E-state index is 13.1. The number of aliphatic hydroxyl groups is 1. The number of piperazine rings is 1. The summed E-state index contributed by atoms with van der Waals surface area (Å²) in [7, 11) is 3.18. The number of benzene rings is 2. The Bertz CT molecular complexity index is 715. The topological polar surface area (TPSA) is 45.2 Å². The molecule has 1 aliphatic heterocycles. The molecule has 5 nitrogen and oxygen atoms in total. The molecule has 1 saturated heterocycles. The first-order chi connectivity index (χ1) is 12.6. The van der Waals surface area contributed by atoms with Crippen LogP contribution in [0.1, 0.15) is 11.7 Å². The molecule has 6 heteroatoms. The molecule has 0 unspecified atom stereocenters. The normalized spacial score (nSPS) is 16.4. The van der Waals surface area contributed by atoms with Crippen LogP contribution < -0.4 is 14.4 Å². The number of anilines is 1. The third-order valence-electron chi connectivity index (χ3n) is 4.79. The lowest BCUT2D eigenvalue weighted by molar-refractivity contribution is 0.109. The molecule has 1 aliphatic rings. The molecule has 0 aliphatic carbocycles. The summed E-state index contributed by atoms with van der Waals surface area (Å²) < 4.78 is 23.6. The summed E-state index contributed by atoms with van der Waals surface area (Å²) in [4.78, 5) is 4.47. The van der Waals surface area contributed by atoms with Crippen LogP contribution in [-0.2, 0) is 0 Å². The quantitative estimate of drug-likeness (QED) is 0.858. The van der Waals surface area contributed by atoms with E-state index in [9.17, 15) is 9.50 Å². The van der Waals surface area contributed by atoms with Crippen LogP contribution in [0.3, 0.4) is 0 Å². The highest BCUT2D eigenvalue weighted by atomic mass is 19.1. The second-order valence-electron chi connectivity index (χ2n) is 6.39. The van der Waals surface area contributed by atoms with Crippen molar-refractivity contribution in [1.82, 2.24) is 4.90 Å². The summed E-state index contributed by atoms with van der Waals surface area (Å²) in [6.45, 7) is 3.96. The van der Waals surface area contributed by atoms with Gasteiger partial charge in [0, 0.05) is 38.4 Å². The Morgan fingerprint density at radius 1 is 0.962 bits per heavy atom. The molecular formula is C20H25FN2O3. The Morgan fingerprint density at radius 2 is 1.62 bits per heavy atom. The van der Waals surface area contributed by atoms with Gasteiger partial charge < -0.3 is 19.5 Å². The summed E-state index contributed by atoms with van der Waals surface area (Å²) in [6, 6.07) is 12.1. The third kappa shape index (κ3) is 4.26. The molecule has 1 N–H and O–H groups in total. The van der Waals surface area contributed by atoms with Crippen LogP contribution in [-0.4, -0.2) is 56.9 Å². The fourth-order valence-electron chi connectivity index (χ4n) is 3.25. The first-order valence-electron chi connectivity index (χ1n) is 8.73. The van der Waals surface area contributed by atoms with Crippen LogP contribution in [0.5, 0.6) is 11.5 Å². The van der Waals surface area contributed by atoms with Gasteiger partial charge in [0.15, 0.2) is 11.5 Å². The number of nitrogens with zero attached hydrogens (tertiary/aromatic N) is 2. The van der Waals surface area contributed by atoms with Gasteiger partial charge in [0.1, 0.15) is 5.82 Å². The molecule has 0 bridgehead atoms. The fourth-order valence-corrected chi connectivity index (χ4v) is 3.25. The van der Waals surface area contributed by atoms with Gasteiger partial charge in [-0.05, 0) is 42.0 Å². The van der Waals surface area contributed by atoms with Crippen LogP contribution in [0.2, 0.25) is 0 Å². The second-order valence-corrected chi connectivity index (χ2v) is 6.39. The summed E-state index contributed by atoms with van der Waals surface area (Å²) in [6.07, 6.45) is -0.591. The molecule has 1 fully saturated rings. The van der Waals surface area contributed by atoms with Gasteiger partial charge in [0.05, 0.1) is 20.3 Å². The van der Waals surface area contributed by atoms with Crippen molar-refractivity contribution in [2.24, 2.45) is 0 Å². The Morgan fingerprint density at radius 3 is 2.23 bits per heavy atom. The predicted octanol–water partition coefficient (Wildman–Crippen LogP) is 2.70. The van der Waals surface area contributed by atoms with Gasteiger partial charge in [0.2, 0.25) is 0 Å². The van der Waals surface area contributed by atoms with E-state index >= 15 is 0 Å². The lowest BCUT2D eigenvalue weighted by atomic mass is 10.1. The van der Waals surface area contributed by atoms with Crippen LogP contribution >= 0.6 is 0 Å². The lowest BCUT2D eigenvalue weighted by Gasteiger charge is -2.37. The molecule has 1 atom stereocenters. The van der Waals surface area contributed by atoms with Crippen LogP contribution in [0.4, 0.5) is 10.1 Å². The van der Waals surface area contributed by atoms with E-state index in [1.54, 1.807) is 14.2 Å². The highest BCUT2D eigenvalue weighted by Crippen LogP contribution is 2.30. The van der Waals surface area contributed by atoms with Crippen LogP contribution in [0.25, 0.3) is 0 Å². The first-order valence-corrected chi connectivity index (χ1v) is 8.73. The van der Waals surface area contributed by atoms with Crippen LogP contribution in [0.15, 0.2) is 42.5 Å². The van der Waals surface area contributed by atoms with E-state index in [0.29, 0.717) is 18.0 Å². The van der Waals surface area contributed by atoms with E-state index in [-0.39, 0.29) is 5.82 Å². The van der Waals surface area contributed by atoms with E-state index in [1.165, 1.54) is 12.1 Å². The Kier molecular flexibility index (Phi) is 5.96. The molecule has 0 saturated carbocycles. The Labute approximate surface area is 153 Å². The van der Waals surface area contributed by atoms with E-state index < -0.39 is 6.10 Å². The molecule has 0 amide bonds. The number of halogens is 1. The zero-order chi connectivity index (χ0) is 18.5.